The molecule has 1 saturated heterocycles. The number of hydrogen-bond donors (Lipinski definition) is 1. The van der Waals surface area contributed by atoms with E-state index in [1.165, 1.54) is 11.3 Å². The summed E-state index contributed by atoms with van der Waals surface area (Å²) >= 11 is 1.74. The number of rotatable bonds is 6. The van der Waals surface area contributed by atoms with Crippen LogP contribution in [0, 0.1) is 0 Å². The molecule has 112 valence electrons. The standard InChI is InChI=1S/C16H21N3OS/c1-2-9-16(10-6-11-17-16)15-18-14(19-20-15)12-21-13-7-4-3-5-8-13/h3-5,7-8,17H,2,6,9-12H2,1H3. The Morgan fingerprint density at radius 3 is 2.90 bits per heavy atom. The van der Waals surface area contributed by atoms with E-state index in [1.807, 2.05) is 18.2 Å². The Hall–Kier alpha value is -1.33. The van der Waals surface area contributed by atoms with Gasteiger partial charge in [-0.05, 0) is 37.9 Å². The van der Waals surface area contributed by atoms with Gasteiger partial charge >= 0.3 is 0 Å². The summed E-state index contributed by atoms with van der Waals surface area (Å²) in [6.45, 7) is 3.24. The third-order valence-corrected chi connectivity index (χ3v) is 4.92. The van der Waals surface area contributed by atoms with Gasteiger partial charge < -0.3 is 9.84 Å². The maximum absolute atomic E-state index is 5.56. The molecule has 1 fully saturated rings. The highest BCUT2D eigenvalue weighted by molar-refractivity contribution is 7.98. The van der Waals surface area contributed by atoms with Crippen LogP contribution in [0.1, 0.15) is 44.3 Å². The molecule has 1 unspecified atom stereocenters. The molecule has 1 aliphatic rings. The SMILES string of the molecule is CCCC1(c2nc(CSc3ccccc3)no2)CCCN1. The van der Waals surface area contributed by atoms with Crippen molar-refractivity contribution in [3.8, 4) is 0 Å². The van der Waals surface area contributed by atoms with Gasteiger partial charge in [-0.1, -0.05) is 36.7 Å². The van der Waals surface area contributed by atoms with Crippen LogP contribution in [-0.4, -0.2) is 16.7 Å². The second kappa shape index (κ2) is 6.62. The van der Waals surface area contributed by atoms with E-state index in [1.54, 1.807) is 11.8 Å². The second-order valence-electron chi connectivity index (χ2n) is 5.48. The molecule has 0 bridgehead atoms. The minimum absolute atomic E-state index is 0.0859. The van der Waals surface area contributed by atoms with Gasteiger partial charge in [-0.3, -0.25) is 0 Å². The topological polar surface area (TPSA) is 51.0 Å². The first-order valence-corrected chi connectivity index (χ1v) is 8.57. The van der Waals surface area contributed by atoms with Gasteiger partial charge in [0.15, 0.2) is 5.82 Å². The fourth-order valence-corrected chi connectivity index (χ4v) is 3.67. The minimum Gasteiger partial charge on any atom is -0.337 e. The minimum atomic E-state index is -0.0859. The smallest absolute Gasteiger partial charge is 0.246 e. The number of nitrogens with one attached hydrogen (secondary N) is 1. The highest BCUT2D eigenvalue weighted by atomic mass is 32.2. The largest absolute Gasteiger partial charge is 0.337 e. The van der Waals surface area contributed by atoms with Gasteiger partial charge in [-0.25, -0.2) is 0 Å². The van der Waals surface area contributed by atoms with Crippen LogP contribution in [-0.2, 0) is 11.3 Å². The molecule has 5 heteroatoms. The Bertz CT molecular complexity index is 564. The Morgan fingerprint density at radius 1 is 1.33 bits per heavy atom. The van der Waals surface area contributed by atoms with Crippen molar-refractivity contribution in [1.29, 1.82) is 0 Å². The summed E-state index contributed by atoms with van der Waals surface area (Å²) < 4.78 is 5.56. The molecule has 4 nitrogen and oxygen atoms in total. The first kappa shape index (κ1) is 14.6. The molecule has 0 amide bonds. The van der Waals surface area contributed by atoms with Crippen molar-refractivity contribution < 1.29 is 4.52 Å². The normalized spacial score (nSPS) is 21.8. The Morgan fingerprint density at radius 2 is 2.19 bits per heavy atom. The molecule has 2 heterocycles. The quantitative estimate of drug-likeness (QED) is 0.824. The number of thioether (sulfide) groups is 1. The van der Waals surface area contributed by atoms with Crippen molar-refractivity contribution in [2.45, 2.75) is 48.8 Å². The van der Waals surface area contributed by atoms with Crippen molar-refractivity contribution in [2.24, 2.45) is 0 Å². The van der Waals surface area contributed by atoms with Gasteiger partial charge in [-0.15, -0.1) is 11.8 Å². The summed E-state index contributed by atoms with van der Waals surface area (Å²) in [4.78, 5) is 5.86. The zero-order valence-corrected chi connectivity index (χ0v) is 13.2. The van der Waals surface area contributed by atoms with E-state index < -0.39 is 0 Å². The lowest BCUT2D eigenvalue weighted by molar-refractivity contribution is 0.240. The van der Waals surface area contributed by atoms with Gasteiger partial charge in [0.25, 0.3) is 0 Å². The van der Waals surface area contributed by atoms with Crippen LogP contribution in [0.15, 0.2) is 39.8 Å². The molecule has 3 rings (SSSR count). The van der Waals surface area contributed by atoms with Gasteiger partial charge in [-0.2, -0.15) is 4.98 Å². The number of hydrogen-bond acceptors (Lipinski definition) is 5. The lowest BCUT2D eigenvalue weighted by Crippen LogP contribution is -2.37. The van der Waals surface area contributed by atoms with Crippen molar-refractivity contribution in [2.75, 3.05) is 6.54 Å². The molecular formula is C16H21N3OS. The van der Waals surface area contributed by atoms with Gasteiger partial charge in [0.05, 0.1) is 11.3 Å². The van der Waals surface area contributed by atoms with E-state index in [-0.39, 0.29) is 5.54 Å². The average Bonchev–Trinajstić information content (AvgIpc) is 3.16. The summed E-state index contributed by atoms with van der Waals surface area (Å²) in [7, 11) is 0. The number of nitrogens with zero attached hydrogens (tertiary/aromatic N) is 2. The van der Waals surface area contributed by atoms with Crippen LogP contribution in [0.4, 0.5) is 0 Å². The Kier molecular flexibility index (Phi) is 4.60. The Balaban J connectivity index is 1.68. The maximum Gasteiger partial charge on any atom is 0.246 e. The van der Waals surface area contributed by atoms with Crippen molar-refractivity contribution >= 4 is 11.8 Å². The fourth-order valence-electron chi connectivity index (χ4n) is 2.91. The van der Waals surface area contributed by atoms with E-state index in [2.05, 4.69) is 34.5 Å². The summed E-state index contributed by atoms with van der Waals surface area (Å²) in [5.74, 6) is 2.30. The Labute approximate surface area is 129 Å². The van der Waals surface area contributed by atoms with E-state index in [9.17, 15) is 0 Å². The van der Waals surface area contributed by atoms with Crippen LogP contribution in [0.5, 0.6) is 0 Å². The van der Waals surface area contributed by atoms with E-state index in [0.29, 0.717) is 0 Å². The predicted octanol–water partition coefficient (Wildman–Crippen LogP) is 3.74. The number of aromatic nitrogens is 2. The lowest BCUT2D eigenvalue weighted by atomic mass is 9.92. The molecule has 1 aromatic heterocycles. The van der Waals surface area contributed by atoms with Crippen molar-refractivity contribution in [3.63, 3.8) is 0 Å². The molecule has 21 heavy (non-hydrogen) atoms. The van der Waals surface area contributed by atoms with E-state index in [4.69, 9.17) is 4.52 Å². The zero-order valence-electron chi connectivity index (χ0n) is 12.3. The molecular weight excluding hydrogens is 282 g/mol. The van der Waals surface area contributed by atoms with Crippen molar-refractivity contribution in [1.82, 2.24) is 15.5 Å². The summed E-state index contributed by atoms with van der Waals surface area (Å²) in [6.07, 6.45) is 4.44. The third kappa shape index (κ3) is 3.30. The van der Waals surface area contributed by atoms with Gasteiger partial charge in [0.2, 0.25) is 5.89 Å². The third-order valence-electron chi connectivity index (χ3n) is 3.91. The summed E-state index contributed by atoms with van der Waals surface area (Å²) in [5, 5.41) is 7.73. The average molecular weight is 303 g/mol. The molecule has 1 aliphatic heterocycles. The van der Waals surface area contributed by atoms with Crippen LogP contribution in [0.25, 0.3) is 0 Å². The van der Waals surface area contributed by atoms with Crippen LogP contribution < -0.4 is 5.32 Å². The monoisotopic (exact) mass is 303 g/mol. The van der Waals surface area contributed by atoms with E-state index in [0.717, 1.165) is 43.3 Å². The molecule has 0 aliphatic carbocycles. The first-order chi connectivity index (χ1) is 10.3. The maximum atomic E-state index is 5.56. The molecule has 0 radical (unpaired) electrons. The van der Waals surface area contributed by atoms with Crippen molar-refractivity contribution in [3.05, 3.63) is 42.0 Å². The number of benzene rings is 1. The first-order valence-electron chi connectivity index (χ1n) is 7.58. The van der Waals surface area contributed by atoms with Crippen LogP contribution in [0.2, 0.25) is 0 Å². The lowest BCUT2D eigenvalue weighted by Gasteiger charge is -2.24. The molecule has 1 N–H and O–H groups in total. The second-order valence-corrected chi connectivity index (χ2v) is 6.53. The summed E-state index contributed by atoms with van der Waals surface area (Å²) in [6, 6.07) is 10.3. The fraction of sp³-hybridized carbons (Fsp3) is 0.500. The molecule has 0 saturated carbocycles. The predicted molar refractivity (Wildman–Crippen MR) is 84.1 cm³/mol. The highest BCUT2D eigenvalue weighted by Gasteiger charge is 2.39. The molecule has 1 atom stereocenters. The van der Waals surface area contributed by atoms with Gasteiger partial charge in [0, 0.05) is 4.90 Å². The zero-order chi connectivity index (χ0) is 14.5. The molecule has 2 aromatic rings. The van der Waals surface area contributed by atoms with Crippen LogP contribution >= 0.6 is 11.8 Å². The van der Waals surface area contributed by atoms with Gasteiger partial charge in [0.1, 0.15) is 0 Å². The molecule has 0 spiro atoms. The summed E-state index contributed by atoms with van der Waals surface area (Å²) in [5.41, 5.74) is -0.0859. The van der Waals surface area contributed by atoms with E-state index >= 15 is 0 Å². The highest BCUT2D eigenvalue weighted by Crippen LogP contribution is 2.34. The van der Waals surface area contributed by atoms with Crippen LogP contribution in [0.3, 0.4) is 0 Å². The molecule has 1 aromatic carbocycles.